The standard InChI is InChI=1S/C15H15Cl2NO4.ClH/c16-9-2-1-3-10(17)8(9)6-22-14(21)15(18)5-4-7-11(12(7)15)13(19)20;/h1-3,7,11-12H,4-6,18H2,(H,19,20);1H/t7-,11-,12-,15-;/m0./s1. The third kappa shape index (κ3) is 3.03. The van der Waals surface area contributed by atoms with E-state index in [1.54, 1.807) is 18.2 Å². The Kier molecular flexibility index (Phi) is 5.16. The number of hydrogen-bond acceptors (Lipinski definition) is 4. The molecule has 3 rings (SSSR count). The largest absolute Gasteiger partial charge is 0.481 e. The third-order valence-corrected chi connectivity index (χ3v) is 5.44. The molecule has 4 atom stereocenters. The lowest BCUT2D eigenvalue weighted by atomic mass is 9.91. The third-order valence-electron chi connectivity index (χ3n) is 4.73. The molecule has 2 aliphatic rings. The van der Waals surface area contributed by atoms with E-state index in [1.807, 2.05) is 0 Å². The zero-order chi connectivity index (χ0) is 16.1. The maximum absolute atomic E-state index is 12.3. The van der Waals surface area contributed by atoms with Gasteiger partial charge in [-0.05, 0) is 30.9 Å². The Morgan fingerprint density at radius 1 is 1.35 bits per heavy atom. The number of esters is 1. The number of rotatable bonds is 4. The van der Waals surface area contributed by atoms with Crippen molar-refractivity contribution in [2.24, 2.45) is 23.5 Å². The van der Waals surface area contributed by atoms with Gasteiger partial charge in [0.2, 0.25) is 0 Å². The van der Waals surface area contributed by atoms with Gasteiger partial charge >= 0.3 is 11.9 Å². The second-order valence-corrected chi connectivity index (χ2v) is 6.72. The SMILES string of the molecule is Cl.N[C@@]1(C(=O)OCc2c(Cl)cccc2Cl)CC[C@H]2[C@H](C(=O)O)[C@H]21. The zero-order valence-electron chi connectivity index (χ0n) is 12.0. The Bertz CT molecular complexity index is 633. The maximum Gasteiger partial charge on any atom is 0.326 e. The Labute approximate surface area is 149 Å². The number of carbonyl (C=O) groups is 2. The van der Waals surface area contributed by atoms with Crippen LogP contribution in [0.3, 0.4) is 0 Å². The first-order valence-electron chi connectivity index (χ1n) is 6.98. The van der Waals surface area contributed by atoms with Gasteiger partial charge < -0.3 is 15.6 Å². The number of fused-ring (bicyclic) bond motifs is 1. The molecule has 5 nitrogen and oxygen atoms in total. The number of hydrogen-bond donors (Lipinski definition) is 2. The number of ether oxygens (including phenoxy) is 1. The summed E-state index contributed by atoms with van der Waals surface area (Å²) in [5.41, 5.74) is 5.45. The van der Waals surface area contributed by atoms with Crippen LogP contribution in [0.1, 0.15) is 18.4 Å². The van der Waals surface area contributed by atoms with Crippen LogP contribution < -0.4 is 5.73 Å². The molecule has 0 heterocycles. The number of benzene rings is 1. The van der Waals surface area contributed by atoms with Crippen LogP contribution in [0, 0.1) is 17.8 Å². The lowest BCUT2D eigenvalue weighted by Crippen LogP contribution is -2.50. The van der Waals surface area contributed by atoms with Crippen LogP contribution in [0.4, 0.5) is 0 Å². The molecule has 1 aromatic carbocycles. The average Bonchev–Trinajstić information content (AvgIpc) is 3.10. The molecule has 0 radical (unpaired) electrons. The Hall–Kier alpha value is -1.01. The molecule has 126 valence electrons. The fourth-order valence-corrected chi connectivity index (χ4v) is 4.03. The monoisotopic (exact) mass is 379 g/mol. The van der Waals surface area contributed by atoms with Crippen LogP contribution in [0.2, 0.25) is 10.0 Å². The first kappa shape index (κ1) is 18.3. The van der Waals surface area contributed by atoms with Gasteiger partial charge in [0.05, 0.1) is 5.92 Å². The van der Waals surface area contributed by atoms with E-state index in [2.05, 4.69) is 0 Å². The highest BCUT2D eigenvalue weighted by Crippen LogP contribution is 2.61. The van der Waals surface area contributed by atoms with Crippen LogP contribution in [-0.2, 0) is 20.9 Å². The molecule has 0 spiro atoms. The number of carboxylic acid groups (broad SMARTS) is 1. The molecule has 0 amide bonds. The topological polar surface area (TPSA) is 89.6 Å². The molecule has 0 aromatic heterocycles. The van der Waals surface area contributed by atoms with Gasteiger partial charge in [0.1, 0.15) is 12.1 Å². The fourth-order valence-electron chi connectivity index (χ4n) is 3.52. The van der Waals surface area contributed by atoms with Gasteiger partial charge in [0.15, 0.2) is 0 Å². The summed E-state index contributed by atoms with van der Waals surface area (Å²) in [6.07, 6.45) is 1.08. The van der Waals surface area contributed by atoms with Crippen LogP contribution in [0.25, 0.3) is 0 Å². The fraction of sp³-hybridized carbons (Fsp3) is 0.467. The van der Waals surface area contributed by atoms with Crippen molar-refractivity contribution in [3.8, 4) is 0 Å². The molecule has 8 heteroatoms. The molecule has 0 saturated heterocycles. The number of carbonyl (C=O) groups excluding carboxylic acids is 1. The molecule has 23 heavy (non-hydrogen) atoms. The number of nitrogens with two attached hydrogens (primary N) is 1. The lowest BCUT2D eigenvalue weighted by molar-refractivity contribution is -0.152. The molecule has 0 aliphatic heterocycles. The van der Waals surface area contributed by atoms with Crippen LogP contribution >= 0.6 is 35.6 Å². The maximum atomic E-state index is 12.3. The predicted octanol–water partition coefficient (Wildman–Crippen LogP) is 2.90. The smallest absolute Gasteiger partial charge is 0.326 e. The minimum absolute atomic E-state index is 0. The Balaban J connectivity index is 0.00000192. The highest BCUT2D eigenvalue weighted by Gasteiger charge is 2.70. The quantitative estimate of drug-likeness (QED) is 0.784. The summed E-state index contributed by atoms with van der Waals surface area (Å²) in [7, 11) is 0. The van der Waals surface area contributed by atoms with Gasteiger partial charge in [-0.2, -0.15) is 0 Å². The molecular formula is C15H16Cl3NO4. The number of aliphatic carboxylic acids is 1. The van der Waals surface area contributed by atoms with E-state index in [-0.39, 0.29) is 30.8 Å². The molecule has 2 saturated carbocycles. The van der Waals surface area contributed by atoms with Gasteiger partial charge in [-0.25, -0.2) is 0 Å². The van der Waals surface area contributed by atoms with Gasteiger partial charge in [-0.3, -0.25) is 9.59 Å². The van der Waals surface area contributed by atoms with E-state index in [9.17, 15) is 9.59 Å². The van der Waals surface area contributed by atoms with Crippen LogP contribution in [0.15, 0.2) is 18.2 Å². The molecule has 2 aliphatic carbocycles. The summed E-state index contributed by atoms with van der Waals surface area (Å²) >= 11 is 12.0. The van der Waals surface area contributed by atoms with Crippen LogP contribution in [-0.4, -0.2) is 22.6 Å². The first-order valence-corrected chi connectivity index (χ1v) is 7.73. The van der Waals surface area contributed by atoms with Crippen molar-refractivity contribution in [1.82, 2.24) is 0 Å². The molecule has 0 bridgehead atoms. The summed E-state index contributed by atoms with van der Waals surface area (Å²) in [5, 5.41) is 9.93. The van der Waals surface area contributed by atoms with Crippen molar-refractivity contribution in [2.75, 3.05) is 0 Å². The highest BCUT2D eigenvalue weighted by atomic mass is 35.5. The van der Waals surface area contributed by atoms with E-state index < -0.39 is 23.4 Å². The van der Waals surface area contributed by atoms with Crippen molar-refractivity contribution in [1.29, 1.82) is 0 Å². The number of carboxylic acids is 1. The molecule has 1 aromatic rings. The van der Waals surface area contributed by atoms with Crippen molar-refractivity contribution >= 4 is 47.5 Å². The minimum Gasteiger partial charge on any atom is -0.481 e. The van der Waals surface area contributed by atoms with Crippen LogP contribution in [0.5, 0.6) is 0 Å². The molecule has 3 N–H and O–H groups in total. The van der Waals surface area contributed by atoms with Crippen molar-refractivity contribution in [3.05, 3.63) is 33.8 Å². The summed E-state index contributed by atoms with van der Waals surface area (Å²) < 4.78 is 5.28. The summed E-state index contributed by atoms with van der Waals surface area (Å²) in [4.78, 5) is 23.5. The van der Waals surface area contributed by atoms with E-state index in [0.29, 0.717) is 28.5 Å². The summed E-state index contributed by atoms with van der Waals surface area (Å²) in [5.74, 6) is -2.36. The second-order valence-electron chi connectivity index (χ2n) is 5.91. The summed E-state index contributed by atoms with van der Waals surface area (Å²) in [6, 6.07) is 5.01. The van der Waals surface area contributed by atoms with E-state index >= 15 is 0 Å². The summed E-state index contributed by atoms with van der Waals surface area (Å²) in [6.45, 7) is -0.0780. The predicted molar refractivity (Wildman–Crippen MR) is 87.8 cm³/mol. The van der Waals surface area contributed by atoms with Gasteiger partial charge in [0, 0.05) is 21.5 Å². The van der Waals surface area contributed by atoms with Crippen molar-refractivity contribution < 1.29 is 19.4 Å². The second kappa shape index (κ2) is 6.48. The minimum atomic E-state index is -1.22. The Morgan fingerprint density at radius 2 is 1.96 bits per heavy atom. The Morgan fingerprint density at radius 3 is 2.48 bits per heavy atom. The highest BCUT2D eigenvalue weighted by molar-refractivity contribution is 6.35. The van der Waals surface area contributed by atoms with Gasteiger partial charge in [-0.1, -0.05) is 29.3 Å². The van der Waals surface area contributed by atoms with E-state index in [4.69, 9.17) is 38.8 Å². The molecule has 2 fully saturated rings. The molecular weight excluding hydrogens is 365 g/mol. The first-order chi connectivity index (χ1) is 10.4. The van der Waals surface area contributed by atoms with Crippen molar-refractivity contribution in [2.45, 2.75) is 25.0 Å². The molecule has 0 unspecified atom stereocenters. The number of halogens is 3. The van der Waals surface area contributed by atoms with Gasteiger partial charge in [-0.15, -0.1) is 12.4 Å². The normalized spacial score (nSPS) is 31.0. The van der Waals surface area contributed by atoms with Gasteiger partial charge in [0.25, 0.3) is 0 Å². The zero-order valence-corrected chi connectivity index (χ0v) is 14.3. The van der Waals surface area contributed by atoms with E-state index in [0.717, 1.165) is 0 Å². The van der Waals surface area contributed by atoms with Crippen molar-refractivity contribution in [3.63, 3.8) is 0 Å². The lowest BCUT2D eigenvalue weighted by Gasteiger charge is -2.24. The average molecular weight is 381 g/mol. The van der Waals surface area contributed by atoms with E-state index in [1.165, 1.54) is 0 Å².